The Morgan fingerprint density at radius 3 is 2.78 bits per heavy atom. The van der Waals surface area contributed by atoms with E-state index in [-0.39, 0.29) is 17.3 Å². The van der Waals surface area contributed by atoms with Crippen LogP contribution in [-0.2, 0) is 14.8 Å². The summed E-state index contributed by atoms with van der Waals surface area (Å²) >= 11 is 0. The summed E-state index contributed by atoms with van der Waals surface area (Å²) in [6.45, 7) is 1.66. The number of likely N-dealkylation sites (N-methyl/N-ethyl adjacent to an activating group) is 1. The molecule has 0 bridgehead atoms. The Bertz CT molecular complexity index is 809. The van der Waals surface area contributed by atoms with E-state index in [9.17, 15) is 13.2 Å². The van der Waals surface area contributed by atoms with Crippen molar-refractivity contribution in [2.45, 2.75) is 4.90 Å². The van der Waals surface area contributed by atoms with Crippen LogP contribution in [0, 0.1) is 0 Å². The van der Waals surface area contributed by atoms with Gasteiger partial charge in [0.2, 0.25) is 15.9 Å². The molecule has 23 heavy (non-hydrogen) atoms. The minimum absolute atomic E-state index is 0.0131. The highest BCUT2D eigenvalue weighted by atomic mass is 32.2. The molecule has 9 heteroatoms. The molecule has 1 saturated heterocycles. The van der Waals surface area contributed by atoms with E-state index in [4.69, 9.17) is 0 Å². The van der Waals surface area contributed by atoms with Crippen molar-refractivity contribution in [1.29, 1.82) is 0 Å². The van der Waals surface area contributed by atoms with Gasteiger partial charge in [0.25, 0.3) is 0 Å². The van der Waals surface area contributed by atoms with E-state index in [1.54, 1.807) is 30.3 Å². The minimum Gasteiger partial charge on any atom is -0.345 e. The van der Waals surface area contributed by atoms with Gasteiger partial charge in [0.1, 0.15) is 10.5 Å². The fraction of sp³-hybridized carbons (Fsp3) is 0.429. The molecule has 1 aliphatic rings. The predicted molar refractivity (Wildman–Crippen MR) is 85.4 cm³/mol. The Morgan fingerprint density at radius 1 is 1.35 bits per heavy atom. The highest BCUT2D eigenvalue weighted by molar-refractivity contribution is 7.89. The third kappa shape index (κ3) is 2.94. The molecular weight excluding hydrogens is 318 g/mol. The van der Waals surface area contributed by atoms with Crippen molar-refractivity contribution in [2.24, 2.45) is 0 Å². The number of rotatable bonds is 4. The van der Waals surface area contributed by atoms with Gasteiger partial charge in [-0.15, -0.1) is 0 Å². The van der Waals surface area contributed by atoms with E-state index in [0.29, 0.717) is 37.2 Å². The van der Waals surface area contributed by atoms with Gasteiger partial charge in [0.15, 0.2) is 0 Å². The lowest BCUT2D eigenvalue weighted by atomic mass is 10.3. The van der Waals surface area contributed by atoms with Crippen LogP contribution in [0.3, 0.4) is 0 Å². The van der Waals surface area contributed by atoms with Crippen LogP contribution in [0.5, 0.6) is 0 Å². The number of nitrogens with one attached hydrogen (secondary N) is 2. The zero-order valence-electron chi connectivity index (χ0n) is 12.8. The third-order valence-electron chi connectivity index (χ3n) is 3.95. The Morgan fingerprint density at radius 2 is 2.09 bits per heavy atom. The molecule has 0 aliphatic carbocycles. The van der Waals surface area contributed by atoms with Crippen LogP contribution >= 0.6 is 0 Å². The molecule has 124 valence electrons. The first-order chi connectivity index (χ1) is 11.0. The molecule has 0 unspecified atom stereocenters. The second kappa shape index (κ2) is 6.26. The van der Waals surface area contributed by atoms with E-state index in [2.05, 4.69) is 15.3 Å². The summed E-state index contributed by atoms with van der Waals surface area (Å²) in [5.41, 5.74) is 0.550. The molecule has 1 aliphatic heterocycles. The van der Waals surface area contributed by atoms with Crippen molar-refractivity contribution >= 4 is 27.0 Å². The Kier molecular flexibility index (Phi) is 4.33. The van der Waals surface area contributed by atoms with E-state index < -0.39 is 10.0 Å². The SMILES string of the molecule is CNCC(=O)N1CCN(S(=O)(=O)c2c[nH]c3ncccc23)CC1. The smallest absolute Gasteiger partial charge is 0.245 e. The molecule has 0 radical (unpaired) electrons. The normalized spacial score (nSPS) is 16.8. The lowest BCUT2D eigenvalue weighted by Crippen LogP contribution is -2.52. The van der Waals surface area contributed by atoms with Gasteiger partial charge in [-0.05, 0) is 19.2 Å². The molecule has 0 saturated carbocycles. The molecule has 0 atom stereocenters. The van der Waals surface area contributed by atoms with Gasteiger partial charge in [0.05, 0.1) is 6.54 Å². The first-order valence-electron chi connectivity index (χ1n) is 7.38. The monoisotopic (exact) mass is 337 g/mol. The van der Waals surface area contributed by atoms with Gasteiger partial charge < -0.3 is 15.2 Å². The van der Waals surface area contributed by atoms with Crippen molar-refractivity contribution in [1.82, 2.24) is 24.5 Å². The fourth-order valence-corrected chi connectivity index (χ4v) is 4.30. The number of hydrogen-bond donors (Lipinski definition) is 2. The van der Waals surface area contributed by atoms with Crippen LogP contribution in [0.2, 0.25) is 0 Å². The zero-order chi connectivity index (χ0) is 16.4. The summed E-state index contributed by atoms with van der Waals surface area (Å²) in [6.07, 6.45) is 3.09. The number of nitrogens with zero attached hydrogens (tertiary/aromatic N) is 3. The lowest BCUT2D eigenvalue weighted by Gasteiger charge is -2.33. The Balaban J connectivity index is 1.78. The maximum absolute atomic E-state index is 12.8. The Hall–Kier alpha value is -1.97. The second-order valence-corrected chi connectivity index (χ2v) is 7.27. The molecule has 2 aromatic rings. The third-order valence-corrected chi connectivity index (χ3v) is 5.89. The van der Waals surface area contributed by atoms with E-state index in [1.165, 1.54) is 10.5 Å². The van der Waals surface area contributed by atoms with Crippen molar-refractivity contribution in [2.75, 3.05) is 39.8 Å². The van der Waals surface area contributed by atoms with Crippen LogP contribution < -0.4 is 5.32 Å². The number of pyridine rings is 1. The van der Waals surface area contributed by atoms with Crippen LogP contribution in [0.25, 0.3) is 11.0 Å². The van der Waals surface area contributed by atoms with Crippen molar-refractivity contribution < 1.29 is 13.2 Å². The molecule has 1 fully saturated rings. The zero-order valence-corrected chi connectivity index (χ0v) is 13.6. The maximum atomic E-state index is 12.8. The van der Waals surface area contributed by atoms with Crippen LogP contribution in [0.1, 0.15) is 0 Å². The number of amides is 1. The second-order valence-electron chi connectivity index (χ2n) is 5.37. The number of aromatic amines is 1. The Labute approximate surface area is 134 Å². The van der Waals surface area contributed by atoms with Crippen LogP contribution in [0.15, 0.2) is 29.4 Å². The summed E-state index contributed by atoms with van der Waals surface area (Å²) in [5, 5.41) is 3.40. The molecule has 3 rings (SSSR count). The van der Waals surface area contributed by atoms with E-state index in [0.717, 1.165) is 0 Å². The van der Waals surface area contributed by atoms with Crippen LogP contribution in [0.4, 0.5) is 0 Å². The van der Waals surface area contributed by atoms with E-state index in [1.807, 2.05) is 0 Å². The molecule has 1 amide bonds. The lowest BCUT2D eigenvalue weighted by molar-refractivity contribution is -0.131. The number of hydrogen-bond acceptors (Lipinski definition) is 5. The number of aromatic nitrogens is 2. The molecule has 8 nitrogen and oxygen atoms in total. The molecule has 3 heterocycles. The van der Waals surface area contributed by atoms with E-state index >= 15 is 0 Å². The number of sulfonamides is 1. The van der Waals surface area contributed by atoms with Crippen LogP contribution in [-0.4, -0.2) is 73.3 Å². The highest BCUT2D eigenvalue weighted by Gasteiger charge is 2.31. The number of piperazine rings is 1. The molecule has 0 aromatic carbocycles. The largest absolute Gasteiger partial charge is 0.345 e. The number of fused-ring (bicyclic) bond motifs is 1. The molecule has 0 spiro atoms. The maximum Gasteiger partial charge on any atom is 0.245 e. The van der Waals surface area contributed by atoms with Gasteiger partial charge in [0, 0.05) is 44.0 Å². The predicted octanol–water partition coefficient (Wildman–Crippen LogP) is -0.385. The number of carbonyl (C=O) groups is 1. The van der Waals surface area contributed by atoms with Gasteiger partial charge in [-0.1, -0.05) is 0 Å². The van der Waals surface area contributed by atoms with Crippen molar-refractivity contribution in [3.8, 4) is 0 Å². The first-order valence-corrected chi connectivity index (χ1v) is 8.82. The summed E-state index contributed by atoms with van der Waals surface area (Å²) in [5.74, 6) is -0.0131. The van der Waals surface area contributed by atoms with Crippen molar-refractivity contribution in [3.05, 3.63) is 24.5 Å². The van der Waals surface area contributed by atoms with Crippen molar-refractivity contribution in [3.63, 3.8) is 0 Å². The summed E-state index contributed by atoms with van der Waals surface area (Å²) in [7, 11) is -1.89. The van der Waals surface area contributed by atoms with Gasteiger partial charge in [-0.3, -0.25) is 4.79 Å². The summed E-state index contributed by atoms with van der Waals surface area (Å²) in [4.78, 5) is 20.8. The first kappa shape index (κ1) is 15.9. The molecule has 2 aromatic heterocycles. The molecular formula is C14H19N5O3S. The quantitative estimate of drug-likeness (QED) is 0.792. The molecule has 2 N–H and O–H groups in total. The standard InChI is InChI=1S/C14H19N5O3S/c1-15-10-13(20)18-5-7-19(8-6-18)23(21,22)12-9-17-14-11(12)3-2-4-16-14/h2-4,9,15H,5-8,10H2,1H3,(H,16,17). The summed E-state index contributed by atoms with van der Waals surface area (Å²) < 4.78 is 27.1. The van der Waals surface area contributed by atoms with Gasteiger partial charge in [-0.2, -0.15) is 4.31 Å². The number of H-pyrrole nitrogens is 1. The van der Waals surface area contributed by atoms with Gasteiger partial charge in [-0.25, -0.2) is 13.4 Å². The minimum atomic E-state index is -3.60. The highest BCUT2D eigenvalue weighted by Crippen LogP contribution is 2.25. The average Bonchev–Trinajstić information content (AvgIpc) is 3.00. The fourth-order valence-electron chi connectivity index (χ4n) is 2.72. The number of carbonyl (C=O) groups excluding carboxylic acids is 1. The van der Waals surface area contributed by atoms with Gasteiger partial charge >= 0.3 is 0 Å². The summed E-state index contributed by atoms with van der Waals surface area (Å²) in [6, 6.07) is 3.45. The topological polar surface area (TPSA) is 98.4 Å². The average molecular weight is 337 g/mol.